The molecule has 1 saturated heterocycles. The van der Waals surface area contributed by atoms with Crippen molar-refractivity contribution in [3.05, 3.63) is 56.4 Å². The number of anilines is 2. The summed E-state index contributed by atoms with van der Waals surface area (Å²) in [5.74, 6) is -0.199. The molecule has 0 bridgehead atoms. The van der Waals surface area contributed by atoms with Gasteiger partial charge in [0.2, 0.25) is 0 Å². The van der Waals surface area contributed by atoms with E-state index in [-0.39, 0.29) is 53.6 Å². The molecular weight excluding hydrogens is 515 g/mol. The van der Waals surface area contributed by atoms with E-state index in [0.717, 1.165) is 6.07 Å². The highest BCUT2D eigenvalue weighted by Crippen LogP contribution is 2.40. The van der Waals surface area contributed by atoms with Gasteiger partial charge < -0.3 is 29.5 Å². The Morgan fingerprint density at radius 1 is 1.18 bits per heavy atom. The molecule has 14 heteroatoms. The highest BCUT2D eigenvalue weighted by atomic mass is 19.1. The van der Waals surface area contributed by atoms with Crippen LogP contribution in [0.25, 0.3) is 10.9 Å². The normalized spacial score (nSPS) is 15.2. The second-order valence-corrected chi connectivity index (χ2v) is 9.40. The summed E-state index contributed by atoms with van der Waals surface area (Å²) in [7, 11) is 3.01. The molecule has 0 spiro atoms. The molecule has 0 radical (unpaired) electrons. The zero-order valence-electron chi connectivity index (χ0n) is 21.5. The number of benzene rings is 1. The lowest BCUT2D eigenvalue weighted by Crippen LogP contribution is -2.48. The number of aromatic nitrogens is 3. The molecule has 3 aromatic rings. The molecule has 208 valence electrons. The number of hydrogen-bond acceptors (Lipinski definition) is 11. The van der Waals surface area contributed by atoms with Gasteiger partial charge in [-0.1, -0.05) is 0 Å². The Kier molecular flexibility index (Phi) is 7.14. The molecule has 0 aliphatic carbocycles. The molecule has 0 unspecified atom stereocenters. The number of pyridine rings is 1. The molecule has 13 nitrogen and oxygen atoms in total. The van der Waals surface area contributed by atoms with E-state index in [9.17, 15) is 24.6 Å². The third-order valence-corrected chi connectivity index (χ3v) is 6.97. The van der Waals surface area contributed by atoms with E-state index >= 15 is 4.39 Å². The van der Waals surface area contributed by atoms with E-state index < -0.39 is 17.5 Å². The van der Waals surface area contributed by atoms with Crippen molar-refractivity contribution in [3.63, 3.8) is 0 Å². The zero-order chi connectivity index (χ0) is 27.8. The fraction of sp³-hybridized carbons (Fsp3) is 0.440. The number of aliphatic hydroxyl groups excluding tert-OH is 1. The van der Waals surface area contributed by atoms with Crippen LogP contribution in [-0.4, -0.2) is 77.7 Å². The summed E-state index contributed by atoms with van der Waals surface area (Å²) in [5, 5.41) is 25.4. The van der Waals surface area contributed by atoms with Crippen molar-refractivity contribution >= 4 is 28.4 Å². The molecule has 1 fully saturated rings. The highest BCUT2D eigenvalue weighted by Gasteiger charge is 2.31. The topological polar surface area (TPSA) is 143 Å². The Bertz CT molecular complexity index is 1530. The van der Waals surface area contributed by atoms with Gasteiger partial charge >= 0.3 is 5.97 Å². The maximum absolute atomic E-state index is 15.5. The zero-order valence-corrected chi connectivity index (χ0v) is 21.5. The number of nitrogens with zero attached hydrogens (tertiary/aromatic N) is 6. The summed E-state index contributed by atoms with van der Waals surface area (Å²) >= 11 is 0. The molecule has 39 heavy (non-hydrogen) atoms. The summed E-state index contributed by atoms with van der Waals surface area (Å²) in [6.45, 7) is 2.11. The van der Waals surface area contributed by atoms with Crippen LogP contribution in [0.4, 0.5) is 15.9 Å². The van der Waals surface area contributed by atoms with Crippen molar-refractivity contribution in [1.82, 2.24) is 14.5 Å². The Morgan fingerprint density at radius 3 is 2.59 bits per heavy atom. The number of hydrogen-bond donors (Lipinski definition) is 2. The molecule has 4 heterocycles. The van der Waals surface area contributed by atoms with E-state index in [0.29, 0.717) is 43.9 Å². The van der Waals surface area contributed by atoms with Crippen molar-refractivity contribution in [2.45, 2.75) is 25.7 Å². The van der Waals surface area contributed by atoms with E-state index in [1.807, 2.05) is 9.80 Å². The van der Waals surface area contributed by atoms with Crippen LogP contribution in [0.5, 0.6) is 5.75 Å². The molecule has 0 amide bonds. The van der Waals surface area contributed by atoms with E-state index in [1.165, 1.54) is 24.1 Å². The first kappa shape index (κ1) is 26.4. The average Bonchev–Trinajstić information content (AvgIpc) is 2.92. The Labute approximate surface area is 221 Å². The van der Waals surface area contributed by atoms with Crippen LogP contribution >= 0.6 is 0 Å². The summed E-state index contributed by atoms with van der Waals surface area (Å²) in [5.41, 5.74) is -0.648. The molecule has 0 atom stereocenters. The van der Waals surface area contributed by atoms with E-state index in [2.05, 4.69) is 9.84 Å². The number of piperazine rings is 1. The summed E-state index contributed by atoms with van der Waals surface area (Å²) < 4.78 is 28.9. The number of esters is 1. The summed E-state index contributed by atoms with van der Waals surface area (Å²) in [6.07, 6.45) is -0.0788. The van der Waals surface area contributed by atoms with Crippen LogP contribution < -0.4 is 30.5 Å². The van der Waals surface area contributed by atoms with Crippen molar-refractivity contribution in [2.24, 2.45) is 0 Å². The van der Waals surface area contributed by atoms with Crippen LogP contribution in [0, 0.1) is 5.82 Å². The lowest BCUT2D eigenvalue weighted by Gasteiger charge is -2.39. The Hall–Kier alpha value is -4.17. The van der Waals surface area contributed by atoms with Crippen molar-refractivity contribution < 1.29 is 28.9 Å². The maximum atomic E-state index is 15.5. The molecular formula is C25H29FN6O7. The third kappa shape index (κ3) is 4.88. The van der Waals surface area contributed by atoms with Gasteiger partial charge in [-0.15, -0.1) is 0 Å². The number of rotatable bonds is 7. The first-order chi connectivity index (χ1) is 18.7. The molecule has 0 saturated carbocycles. The number of aliphatic hydroxyl groups is 2. The Balaban J connectivity index is 1.40. The second-order valence-electron chi connectivity index (χ2n) is 9.40. The minimum atomic E-state index is -2.00. The SMILES string of the molecule is COC(=O)CCCn1nc(N2CCN(c3c(F)cc4c(=O)c(C(O)O)cn5c4c3OCN5C)CC2)ccc1=O. The lowest BCUT2D eigenvalue weighted by atomic mass is 10.1. The fourth-order valence-electron chi connectivity index (χ4n) is 4.92. The molecule has 2 N–H and O–H groups in total. The van der Waals surface area contributed by atoms with Crippen LogP contribution in [0.3, 0.4) is 0 Å². The van der Waals surface area contributed by atoms with Gasteiger partial charge in [-0.05, 0) is 18.6 Å². The lowest BCUT2D eigenvalue weighted by molar-refractivity contribution is -0.140. The van der Waals surface area contributed by atoms with Crippen LogP contribution in [0.1, 0.15) is 24.7 Å². The van der Waals surface area contributed by atoms with Gasteiger partial charge in [0.1, 0.15) is 17.0 Å². The first-order valence-electron chi connectivity index (χ1n) is 12.5. The van der Waals surface area contributed by atoms with E-state index in [1.54, 1.807) is 22.8 Å². The quantitative estimate of drug-likeness (QED) is 0.304. The average molecular weight is 545 g/mol. The molecule has 2 aliphatic heterocycles. The number of ether oxygens (including phenoxy) is 2. The third-order valence-electron chi connectivity index (χ3n) is 6.97. The molecule has 5 rings (SSSR count). The van der Waals surface area contributed by atoms with Gasteiger partial charge in [0, 0.05) is 58.5 Å². The van der Waals surface area contributed by atoms with Crippen molar-refractivity contribution in [1.29, 1.82) is 0 Å². The van der Waals surface area contributed by atoms with Gasteiger partial charge in [0.25, 0.3) is 5.56 Å². The van der Waals surface area contributed by atoms with Gasteiger partial charge in [0.15, 0.2) is 30.0 Å². The number of halogens is 1. The standard InChI is InChI=1S/C25H29FN6O7/c1-28-14-39-24-21-15(23(35)16(25(36)37)13-32(21)28)12-17(26)22(24)30-10-8-29(9-11-30)18-5-6-19(33)31(27-18)7-3-4-20(34)38-2/h5-6,12-13,25,36-37H,3-4,7-11,14H2,1-2H3. The van der Waals surface area contributed by atoms with Gasteiger partial charge in [0.05, 0.1) is 18.1 Å². The minimum Gasteiger partial charge on any atom is -0.469 e. The highest BCUT2D eigenvalue weighted by molar-refractivity contribution is 5.92. The number of carbonyl (C=O) groups excluding carboxylic acids is 1. The van der Waals surface area contributed by atoms with Crippen LogP contribution in [-0.2, 0) is 16.1 Å². The number of carbonyl (C=O) groups is 1. The molecule has 2 aromatic heterocycles. The summed E-state index contributed by atoms with van der Waals surface area (Å²) in [6, 6.07) is 4.18. The monoisotopic (exact) mass is 544 g/mol. The van der Waals surface area contributed by atoms with Crippen LogP contribution in [0.15, 0.2) is 34.0 Å². The second kappa shape index (κ2) is 10.5. The number of aryl methyl sites for hydroxylation is 1. The largest absolute Gasteiger partial charge is 0.469 e. The maximum Gasteiger partial charge on any atom is 0.305 e. The number of methoxy groups -OCH3 is 1. The predicted molar refractivity (Wildman–Crippen MR) is 139 cm³/mol. The van der Waals surface area contributed by atoms with Gasteiger partial charge in [-0.25, -0.2) is 9.07 Å². The van der Waals surface area contributed by atoms with Crippen LogP contribution in [0.2, 0.25) is 0 Å². The minimum absolute atomic E-state index is 0.0132. The first-order valence-corrected chi connectivity index (χ1v) is 12.5. The van der Waals surface area contributed by atoms with Gasteiger partial charge in [-0.3, -0.25) is 24.1 Å². The smallest absolute Gasteiger partial charge is 0.305 e. The Morgan fingerprint density at radius 2 is 1.90 bits per heavy atom. The van der Waals surface area contributed by atoms with Gasteiger partial charge in [-0.2, -0.15) is 5.10 Å². The molecule has 2 aliphatic rings. The molecule has 1 aromatic carbocycles. The van der Waals surface area contributed by atoms with E-state index in [4.69, 9.17) is 4.74 Å². The van der Waals surface area contributed by atoms with Crippen molar-refractivity contribution in [2.75, 3.05) is 61.9 Å². The summed E-state index contributed by atoms with van der Waals surface area (Å²) in [4.78, 5) is 40.3. The predicted octanol–water partition coefficient (Wildman–Crippen LogP) is -0.122. The fourth-order valence-corrected chi connectivity index (χ4v) is 4.92. The van der Waals surface area contributed by atoms with Crippen molar-refractivity contribution in [3.8, 4) is 5.75 Å².